The number of rotatable bonds is 5. The van der Waals surface area contributed by atoms with Crippen molar-refractivity contribution in [3.63, 3.8) is 0 Å². The molecular weight excluding hydrogens is 390 g/mol. The van der Waals surface area contributed by atoms with E-state index in [9.17, 15) is 18.0 Å². The first-order valence-electron chi connectivity index (χ1n) is 8.28. The number of sulfonamides is 1. The molecule has 0 radical (unpaired) electrons. The largest absolute Gasteiger partial charge is 0.353 e. The van der Waals surface area contributed by atoms with Gasteiger partial charge in [0.2, 0.25) is 21.8 Å². The van der Waals surface area contributed by atoms with E-state index in [-0.39, 0.29) is 24.4 Å². The highest BCUT2D eigenvalue weighted by atomic mass is 35.5. The highest BCUT2D eigenvalue weighted by molar-refractivity contribution is 7.89. The highest BCUT2D eigenvalue weighted by Gasteiger charge is 2.39. The van der Waals surface area contributed by atoms with Crippen LogP contribution in [0.15, 0.2) is 59.5 Å². The average molecular weight is 408 g/mol. The van der Waals surface area contributed by atoms with Gasteiger partial charge < -0.3 is 10.6 Å². The van der Waals surface area contributed by atoms with Crippen LogP contribution in [0.1, 0.15) is 6.42 Å². The third-order valence-electron chi connectivity index (χ3n) is 4.12. The number of amides is 2. The first-order valence-corrected chi connectivity index (χ1v) is 10.1. The normalized spacial score (nSPS) is 18.0. The summed E-state index contributed by atoms with van der Waals surface area (Å²) in [4.78, 5) is 24.8. The molecular formula is C18H18ClN3O4S. The van der Waals surface area contributed by atoms with Crippen LogP contribution in [-0.2, 0) is 19.6 Å². The fraction of sp³-hybridized carbons (Fsp3) is 0.222. The van der Waals surface area contributed by atoms with E-state index in [1.54, 1.807) is 42.5 Å². The second-order valence-corrected chi connectivity index (χ2v) is 8.33. The predicted octanol–water partition coefficient (Wildman–Crippen LogP) is 1.86. The molecule has 1 saturated heterocycles. The number of anilines is 1. The molecule has 7 nitrogen and oxygen atoms in total. The van der Waals surface area contributed by atoms with Crippen LogP contribution in [0.2, 0.25) is 5.02 Å². The molecule has 9 heteroatoms. The Morgan fingerprint density at radius 1 is 1.19 bits per heavy atom. The van der Waals surface area contributed by atoms with Crippen molar-refractivity contribution in [2.45, 2.75) is 17.4 Å². The lowest BCUT2D eigenvalue weighted by Gasteiger charge is -2.33. The van der Waals surface area contributed by atoms with Crippen LogP contribution >= 0.6 is 11.6 Å². The van der Waals surface area contributed by atoms with Crippen LogP contribution in [0.25, 0.3) is 0 Å². The molecule has 0 unspecified atom stereocenters. The lowest BCUT2D eigenvalue weighted by atomic mass is 10.1. The van der Waals surface area contributed by atoms with Gasteiger partial charge in [0.1, 0.15) is 6.04 Å². The van der Waals surface area contributed by atoms with Crippen molar-refractivity contribution in [3.8, 4) is 0 Å². The number of benzene rings is 2. The summed E-state index contributed by atoms with van der Waals surface area (Å²) in [5.41, 5.74) is 0.473. The van der Waals surface area contributed by atoms with Crippen molar-refractivity contribution in [1.29, 1.82) is 0 Å². The molecule has 0 saturated carbocycles. The van der Waals surface area contributed by atoms with E-state index in [1.165, 1.54) is 12.1 Å². The van der Waals surface area contributed by atoms with Gasteiger partial charge in [0.25, 0.3) is 0 Å². The molecule has 1 heterocycles. The Morgan fingerprint density at radius 3 is 2.63 bits per heavy atom. The number of carbonyl (C=O) groups is 2. The number of hydrogen-bond acceptors (Lipinski definition) is 4. The van der Waals surface area contributed by atoms with E-state index < -0.39 is 27.9 Å². The van der Waals surface area contributed by atoms with Crippen molar-refractivity contribution < 1.29 is 18.0 Å². The van der Waals surface area contributed by atoms with Crippen molar-refractivity contribution in [2.75, 3.05) is 18.4 Å². The molecule has 1 atom stereocenters. The van der Waals surface area contributed by atoms with E-state index in [0.717, 1.165) is 4.31 Å². The van der Waals surface area contributed by atoms with Gasteiger partial charge in [0, 0.05) is 23.8 Å². The maximum Gasteiger partial charge on any atom is 0.243 e. The van der Waals surface area contributed by atoms with Crippen LogP contribution in [0, 0.1) is 0 Å². The first kappa shape index (κ1) is 19.3. The number of nitrogens with one attached hydrogen (secondary N) is 2. The Hall–Kier alpha value is -2.42. The summed E-state index contributed by atoms with van der Waals surface area (Å²) in [6.07, 6.45) is -0.301. The molecule has 3 rings (SSSR count). The monoisotopic (exact) mass is 407 g/mol. The molecule has 0 aliphatic carbocycles. The summed E-state index contributed by atoms with van der Waals surface area (Å²) in [7, 11) is -3.90. The minimum absolute atomic E-state index is 0.0833. The van der Waals surface area contributed by atoms with Crippen LogP contribution in [0.4, 0.5) is 5.69 Å². The standard InChI is InChI=1S/C18H18ClN3O4S/c19-13-5-4-6-14(11-13)21-17(23)12-16-18(24)20-9-10-22(16)27(25,26)15-7-2-1-3-8-15/h1-8,11,16H,9-10,12H2,(H,20,24)(H,21,23)/t16-/m1/s1. The minimum atomic E-state index is -3.90. The average Bonchev–Trinajstić information content (AvgIpc) is 2.64. The lowest BCUT2D eigenvalue weighted by molar-refractivity contribution is -0.130. The summed E-state index contributed by atoms with van der Waals surface area (Å²) >= 11 is 5.89. The number of nitrogens with zero attached hydrogens (tertiary/aromatic N) is 1. The molecule has 1 aliphatic heterocycles. The van der Waals surface area contributed by atoms with E-state index in [2.05, 4.69) is 10.6 Å². The number of hydrogen-bond donors (Lipinski definition) is 2. The Bertz CT molecular complexity index is 950. The predicted molar refractivity (Wildman–Crippen MR) is 102 cm³/mol. The first-order chi connectivity index (χ1) is 12.9. The van der Waals surface area contributed by atoms with E-state index in [4.69, 9.17) is 11.6 Å². The van der Waals surface area contributed by atoms with E-state index in [1.807, 2.05) is 0 Å². The fourth-order valence-corrected chi connectivity index (χ4v) is 4.66. The Labute approximate surface area is 162 Å². The third-order valence-corrected chi connectivity index (χ3v) is 6.28. The molecule has 1 aliphatic rings. The minimum Gasteiger partial charge on any atom is -0.353 e. The van der Waals surface area contributed by atoms with Gasteiger partial charge in [-0.05, 0) is 30.3 Å². The Morgan fingerprint density at radius 2 is 1.93 bits per heavy atom. The second kappa shape index (κ2) is 8.08. The summed E-state index contributed by atoms with van der Waals surface area (Å²) in [6, 6.07) is 13.3. The van der Waals surface area contributed by atoms with Gasteiger partial charge in [0.05, 0.1) is 11.3 Å². The van der Waals surface area contributed by atoms with Gasteiger partial charge in [-0.3, -0.25) is 9.59 Å². The van der Waals surface area contributed by atoms with Crippen LogP contribution in [0.3, 0.4) is 0 Å². The smallest absolute Gasteiger partial charge is 0.243 e. The zero-order valence-corrected chi connectivity index (χ0v) is 15.8. The summed E-state index contributed by atoms with van der Waals surface area (Å²) in [6.45, 7) is 0.287. The van der Waals surface area contributed by atoms with Crippen LogP contribution in [-0.4, -0.2) is 43.7 Å². The van der Waals surface area contributed by atoms with Gasteiger partial charge in [-0.15, -0.1) is 0 Å². The molecule has 27 heavy (non-hydrogen) atoms. The Kier molecular flexibility index (Phi) is 5.79. The van der Waals surface area contributed by atoms with Crippen molar-refractivity contribution in [2.24, 2.45) is 0 Å². The number of halogens is 1. The second-order valence-electron chi connectivity index (χ2n) is 6.00. The molecule has 142 valence electrons. The van der Waals surface area contributed by atoms with Gasteiger partial charge in [-0.2, -0.15) is 4.31 Å². The molecule has 1 fully saturated rings. The van der Waals surface area contributed by atoms with Gasteiger partial charge >= 0.3 is 0 Å². The third kappa shape index (κ3) is 4.47. The number of carbonyl (C=O) groups excluding carboxylic acids is 2. The van der Waals surface area contributed by atoms with E-state index in [0.29, 0.717) is 10.7 Å². The molecule has 2 N–H and O–H groups in total. The zero-order chi connectivity index (χ0) is 19.4. The SMILES string of the molecule is O=C(C[C@@H]1C(=O)NCCN1S(=O)(=O)c1ccccc1)Nc1cccc(Cl)c1. The van der Waals surface area contributed by atoms with Crippen LogP contribution < -0.4 is 10.6 Å². The summed E-state index contributed by atoms with van der Waals surface area (Å²) < 4.78 is 26.9. The zero-order valence-electron chi connectivity index (χ0n) is 14.3. The number of piperazine rings is 1. The quantitative estimate of drug-likeness (QED) is 0.790. The molecule has 0 bridgehead atoms. The van der Waals surface area contributed by atoms with Crippen LogP contribution in [0.5, 0.6) is 0 Å². The fourth-order valence-electron chi connectivity index (χ4n) is 2.86. The van der Waals surface area contributed by atoms with Gasteiger partial charge in [-0.1, -0.05) is 35.9 Å². The van der Waals surface area contributed by atoms with Crippen molar-refractivity contribution >= 4 is 39.1 Å². The summed E-state index contributed by atoms with van der Waals surface area (Å²) in [5, 5.41) is 5.71. The Balaban J connectivity index is 1.80. The highest BCUT2D eigenvalue weighted by Crippen LogP contribution is 2.22. The topological polar surface area (TPSA) is 95.6 Å². The molecule has 0 aromatic heterocycles. The van der Waals surface area contributed by atoms with Crippen molar-refractivity contribution in [3.05, 3.63) is 59.6 Å². The lowest BCUT2D eigenvalue weighted by Crippen LogP contribution is -2.57. The maximum atomic E-state index is 12.9. The molecule has 2 amide bonds. The summed E-state index contributed by atoms with van der Waals surface area (Å²) in [5.74, 6) is -0.977. The maximum absolute atomic E-state index is 12.9. The molecule has 0 spiro atoms. The molecule has 2 aromatic carbocycles. The molecule has 2 aromatic rings. The van der Waals surface area contributed by atoms with Gasteiger partial charge in [0.15, 0.2) is 0 Å². The van der Waals surface area contributed by atoms with Gasteiger partial charge in [-0.25, -0.2) is 8.42 Å². The van der Waals surface area contributed by atoms with Crippen molar-refractivity contribution in [1.82, 2.24) is 9.62 Å². The van der Waals surface area contributed by atoms with E-state index >= 15 is 0 Å².